The van der Waals surface area contributed by atoms with Crippen LogP contribution in [0.25, 0.3) is 10.8 Å². The lowest BCUT2D eigenvalue weighted by Crippen LogP contribution is -2.26. The summed E-state index contributed by atoms with van der Waals surface area (Å²) in [5.74, 6) is 0.307. The molecule has 0 aliphatic rings. The number of hydrogen-bond donors (Lipinski definition) is 2. The van der Waals surface area contributed by atoms with Crippen molar-refractivity contribution in [2.45, 2.75) is 26.3 Å². The van der Waals surface area contributed by atoms with Crippen LogP contribution in [0.2, 0.25) is 0 Å². The maximum Gasteiger partial charge on any atom is 0.134 e. The maximum atomic E-state index is 13.4. The highest BCUT2D eigenvalue weighted by Crippen LogP contribution is 2.28. The highest BCUT2D eigenvalue weighted by atomic mass is 19.1. The van der Waals surface area contributed by atoms with E-state index in [1.807, 2.05) is 20.8 Å². The van der Waals surface area contributed by atoms with Gasteiger partial charge >= 0.3 is 0 Å². The normalized spacial score (nSPS) is 11.8. The molecule has 0 saturated carbocycles. The van der Waals surface area contributed by atoms with Gasteiger partial charge in [-0.25, -0.2) is 9.37 Å². The van der Waals surface area contributed by atoms with Crippen molar-refractivity contribution in [3.63, 3.8) is 0 Å². The van der Waals surface area contributed by atoms with Crippen molar-refractivity contribution in [2.24, 2.45) is 0 Å². The summed E-state index contributed by atoms with van der Waals surface area (Å²) in [5.41, 5.74) is 6.09. The number of nitrogens with zero attached hydrogens (tertiary/aromatic N) is 1. The van der Waals surface area contributed by atoms with Crippen molar-refractivity contribution in [1.29, 1.82) is 0 Å². The summed E-state index contributed by atoms with van der Waals surface area (Å²) < 4.78 is 13.4. The fourth-order valence-electron chi connectivity index (χ4n) is 1.73. The third-order valence-corrected chi connectivity index (χ3v) is 2.37. The van der Waals surface area contributed by atoms with Crippen LogP contribution in [0, 0.1) is 5.82 Å². The van der Waals surface area contributed by atoms with E-state index >= 15 is 0 Å². The number of halogens is 1. The quantitative estimate of drug-likeness (QED) is 0.744. The van der Waals surface area contributed by atoms with Gasteiger partial charge in [-0.05, 0) is 39.0 Å². The zero-order valence-corrected chi connectivity index (χ0v) is 10.2. The molecule has 0 saturated heterocycles. The number of hydrogen-bond acceptors (Lipinski definition) is 3. The van der Waals surface area contributed by atoms with Crippen LogP contribution in [0.5, 0.6) is 0 Å². The molecule has 90 valence electrons. The molecule has 0 bridgehead atoms. The Morgan fingerprint density at radius 3 is 2.59 bits per heavy atom. The van der Waals surface area contributed by atoms with Crippen LogP contribution in [0.15, 0.2) is 24.4 Å². The summed E-state index contributed by atoms with van der Waals surface area (Å²) in [5, 5.41) is 4.77. The number of rotatable bonds is 1. The van der Waals surface area contributed by atoms with Gasteiger partial charge in [0.05, 0.1) is 0 Å². The Hall–Kier alpha value is -1.84. The van der Waals surface area contributed by atoms with Crippen LogP contribution in [-0.4, -0.2) is 10.5 Å². The molecule has 2 rings (SSSR count). The molecule has 4 heteroatoms. The predicted molar refractivity (Wildman–Crippen MR) is 69.5 cm³/mol. The van der Waals surface area contributed by atoms with E-state index in [2.05, 4.69) is 10.3 Å². The number of fused-ring (bicyclic) bond motifs is 1. The predicted octanol–water partition coefficient (Wildman–Crippen LogP) is 3.17. The lowest BCUT2D eigenvalue weighted by Gasteiger charge is -2.22. The van der Waals surface area contributed by atoms with Gasteiger partial charge in [0.2, 0.25) is 0 Å². The van der Waals surface area contributed by atoms with Crippen molar-refractivity contribution >= 4 is 22.3 Å². The van der Waals surface area contributed by atoms with Crippen molar-refractivity contribution in [1.82, 2.24) is 4.98 Å². The summed E-state index contributed by atoms with van der Waals surface area (Å²) in [7, 11) is 0. The number of benzene rings is 1. The minimum atomic E-state index is -0.347. The number of nitrogens with two attached hydrogens (primary N) is 1. The molecule has 0 spiro atoms. The Balaban J connectivity index is 2.64. The van der Waals surface area contributed by atoms with Gasteiger partial charge in [0, 0.05) is 28.2 Å². The fraction of sp³-hybridized carbons (Fsp3) is 0.308. The van der Waals surface area contributed by atoms with Crippen LogP contribution in [0.4, 0.5) is 15.9 Å². The number of pyridine rings is 1. The molecule has 0 fully saturated rings. The Morgan fingerprint density at radius 2 is 1.94 bits per heavy atom. The molecule has 17 heavy (non-hydrogen) atoms. The van der Waals surface area contributed by atoms with Crippen LogP contribution >= 0.6 is 0 Å². The Bertz CT molecular complexity index is 558. The van der Waals surface area contributed by atoms with E-state index in [0.717, 1.165) is 5.39 Å². The molecular formula is C13H16FN3. The lowest BCUT2D eigenvalue weighted by atomic mass is 10.1. The average molecular weight is 233 g/mol. The zero-order chi connectivity index (χ0) is 12.6. The minimum Gasteiger partial charge on any atom is -0.398 e. The van der Waals surface area contributed by atoms with Gasteiger partial charge in [-0.2, -0.15) is 0 Å². The average Bonchev–Trinajstić information content (AvgIpc) is 2.17. The van der Waals surface area contributed by atoms with Gasteiger partial charge in [0.25, 0.3) is 0 Å². The molecular weight excluding hydrogens is 217 g/mol. The van der Waals surface area contributed by atoms with Crippen molar-refractivity contribution in [3.8, 4) is 0 Å². The summed E-state index contributed by atoms with van der Waals surface area (Å²) in [6, 6.07) is 4.56. The molecule has 3 N–H and O–H groups in total. The number of nitrogens with one attached hydrogen (secondary N) is 1. The first-order valence-corrected chi connectivity index (χ1v) is 5.49. The largest absolute Gasteiger partial charge is 0.398 e. The van der Waals surface area contributed by atoms with Crippen LogP contribution in [-0.2, 0) is 0 Å². The third kappa shape index (κ3) is 2.46. The first-order valence-electron chi connectivity index (χ1n) is 5.49. The smallest absolute Gasteiger partial charge is 0.134 e. The van der Waals surface area contributed by atoms with E-state index in [4.69, 9.17) is 5.73 Å². The van der Waals surface area contributed by atoms with Crippen LogP contribution < -0.4 is 11.1 Å². The summed E-state index contributed by atoms with van der Waals surface area (Å²) in [4.78, 5) is 4.24. The molecule has 0 amide bonds. The highest BCUT2D eigenvalue weighted by Gasteiger charge is 2.13. The Morgan fingerprint density at radius 1 is 1.24 bits per heavy atom. The van der Waals surface area contributed by atoms with Gasteiger partial charge in [0.1, 0.15) is 11.6 Å². The van der Waals surface area contributed by atoms with E-state index < -0.39 is 0 Å². The topological polar surface area (TPSA) is 50.9 Å². The second-order valence-corrected chi connectivity index (χ2v) is 5.12. The monoisotopic (exact) mass is 233 g/mol. The van der Waals surface area contributed by atoms with E-state index in [9.17, 15) is 4.39 Å². The second kappa shape index (κ2) is 3.87. The van der Waals surface area contributed by atoms with Crippen LogP contribution in [0.1, 0.15) is 20.8 Å². The van der Waals surface area contributed by atoms with Gasteiger partial charge in [0.15, 0.2) is 0 Å². The number of nitrogen functional groups attached to an aromatic ring is 1. The van der Waals surface area contributed by atoms with Gasteiger partial charge in [-0.3, -0.25) is 0 Å². The van der Waals surface area contributed by atoms with Gasteiger partial charge in [-0.1, -0.05) is 0 Å². The molecule has 3 nitrogen and oxygen atoms in total. The molecule has 0 aliphatic heterocycles. The molecule has 0 radical (unpaired) electrons. The third-order valence-electron chi connectivity index (χ3n) is 2.37. The van der Waals surface area contributed by atoms with Crippen molar-refractivity contribution in [2.75, 3.05) is 11.1 Å². The van der Waals surface area contributed by atoms with Crippen molar-refractivity contribution < 1.29 is 4.39 Å². The van der Waals surface area contributed by atoms with Crippen LogP contribution in [0.3, 0.4) is 0 Å². The maximum absolute atomic E-state index is 13.4. The number of aromatic nitrogens is 1. The fourth-order valence-corrected chi connectivity index (χ4v) is 1.73. The van der Waals surface area contributed by atoms with E-state index in [1.54, 1.807) is 12.3 Å². The van der Waals surface area contributed by atoms with E-state index in [0.29, 0.717) is 16.9 Å². The molecule has 1 aromatic carbocycles. The lowest BCUT2D eigenvalue weighted by molar-refractivity contribution is 0.627. The number of anilines is 2. The summed E-state index contributed by atoms with van der Waals surface area (Å²) in [6.45, 7) is 6.07. The molecule has 0 aliphatic carbocycles. The van der Waals surface area contributed by atoms with Gasteiger partial charge < -0.3 is 11.1 Å². The zero-order valence-electron chi connectivity index (χ0n) is 10.2. The standard InChI is InChI=1S/C13H16FN3/c1-13(2,3)17-12-10-6-8(14)7-11(15)9(10)4-5-16-12/h4-7H,15H2,1-3H3,(H,16,17). The van der Waals surface area contributed by atoms with Crippen molar-refractivity contribution in [3.05, 3.63) is 30.2 Å². The first-order chi connectivity index (χ1) is 7.87. The molecule has 0 unspecified atom stereocenters. The summed E-state index contributed by atoms with van der Waals surface area (Å²) in [6.07, 6.45) is 1.67. The van der Waals surface area contributed by atoms with E-state index in [-0.39, 0.29) is 11.4 Å². The Kier molecular flexibility index (Phi) is 2.65. The highest BCUT2D eigenvalue weighted by molar-refractivity contribution is 5.99. The molecule has 1 aromatic heterocycles. The van der Waals surface area contributed by atoms with E-state index in [1.165, 1.54) is 12.1 Å². The molecule has 1 heterocycles. The Labute approximate surface area is 99.8 Å². The first kappa shape index (κ1) is 11.6. The SMILES string of the molecule is CC(C)(C)Nc1nccc2c(N)cc(F)cc12. The molecule has 2 aromatic rings. The molecule has 0 atom stereocenters. The minimum absolute atomic E-state index is 0.137. The van der Waals surface area contributed by atoms with Gasteiger partial charge in [-0.15, -0.1) is 0 Å². The second-order valence-electron chi connectivity index (χ2n) is 5.12. The summed E-state index contributed by atoms with van der Waals surface area (Å²) >= 11 is 0.